The number of carboxylic acids is 1. The Morgan fingerprint density at radius 3 is 2.47 bits per heavy atom. The van der Waals surface area contributed by atoms with E-state index in [4.69, 9.17) is 21.3 Å². The van der Waals surface area contributed by atoms with E-state index >= 15 is 0 Å². The fourth-order valence-corrected chi connectivity index (χ4v) is 5.45. The summed E-state index contributed by atoms with van der Waals surface area (Å²) in [5.74, 6) is -0.159. The van der Waals surface area contributed by atoms with Gasteiger partial charge in [-0.15, -0.1) is 0 Å². The third-order valence-corrected chi connectivity index (χ3v) is 8.33. The van der Waals surface area contributed by atoms with Crippen molar-refractivity contribution in [1.29, 1.82) is 0 Å². The predicted molar refractivity (Wildman–Crippen MR) is 172 cm³/mol. The lowest BCUT2D eigenvalue weighted by atomic mass is 9.83. The van der Waals surface area contributed by atoms with Crippen molar-refractivity contribution in [3.8, 4) is 5.75 Å². The molecule has 5 rings (SSSR count). The molecule has 0 aliphatic heterocycles. The van der Waals surface area contributed by atoms with Gasteiger partial charge in [0.15, 0.2) is 0 Å². The van der Waals surface area contributed by atoms with Crippen LogP contribution < -0.4 is 4.74 Å². The Hall–Kier alpha value is -4.16. The van der Waals surface area contributed by atoms with Crippen molar-refractivity contribution in [3.63, 3.8) is 0 Å². The van der Waals surface area contributed by atoms with E-state index in [2.05, 4.69) is 4.57 Å². The van der Waals surface area contributed by atoms with Crippen LogP contribution in [0, 0.1) is 10.8 Å². The summed E-state index contributed by atoms with van der Waals surface area (Å²) in [6.07, 6.45) is 2.57. The number of rotatable bonds is 12. The summed E-state index contributed by atoms with van der Waals surface area (Å²) < 4.78 is 8.46. The molecule has 1 N–H and O–H groups in total. The van der Waals surface area contributed by atoms with Crippen LogP contribution in [0.15, 0.2) is 78.9 Å². The largest absolute Gasteiger partial charge is 0.487 e. The number of ether oxygens (including phenoxy) is 1. The Morgan fingerprint density at radius 1 is 1.00 bits per heavy atom. The summed E-state index contributed by atoms with van der Waals surface area (Å²) in [6.45, 7) is 8.23. The molecule has 0 saturated carbocycles. The number of aryl methyl sites for hydroxylation is 1. The minimum absolute atomic E-state index is 0.314. The maximum atomic E-state index is 12.3. The first-order valence-electron chi connectivity index (χ1n) is 14.5. The van der Waals surface area contributed by atoms with E-state index in [0.717, 1.165) is 50.6 Å². The predicted octanol–water partition coefficient (Wildman–Crippen LogP) is 8.28. The minimum atomic E-state index is -0.998. The summed E-state index contributed by atoms with van der Waals surface area (Å²) >= 11 is 6.17. The summed E-state index contributed by atoms with van der Waals surface area (Å²) in [7, 11) is 0. The SMILES string of the molecule is CC(C)(C=O)CCc1c(CC(C)(C)C(=O)O)n(Cc2ccc(Cl)cc2)c2ccc(OCc3ccc4ccccc4n3)cc12. The van der Waals surface area contributed by atoms with E-state index in [0.29, 0.717) is 43.2 Å². The molecule has 5 aromatic rings. The molecular weight excluding hydrogens is 560 g/mol. The highest BCUT2D eigenvalue weighted by atomic mass is 35.5. The maximum absolute atomic E-state index is 12.3. The topological polar surface area (TPSA) is 81.4 Å². The van der Waals surface area contributed by atoms with Gasteiger partial charge in [-0.1, -0.05) is 61.8 Å². The number of aliphatic carboxylic acids is 1. The molecule has 0 spiro atoms. The van der Waals surface area contributed by atoms with Gasteiger partial charge in [-0.2, -0.15) is 0 Å². The molecule has 0 aliphatic rings. The normalized spacial score (nSPS) is 12.1. The van der Waals surface area contributed by atoms with Crippen molar-refractivity contribution >= 4 is 45.7 Å². The zero-order valence-electron chi connectivity index (χ0n) is 25.1. The Kier molecular flexibility index (Phi) is 8.61. The third-order valence-electron chi connectivity index (χ3n) is 8.08. The van der Waals surface area contributed by atoms with Gasteiger partial charge >= 0.3 is 5.97 Å². The first kappa shape index (κ1) is 30.3. The molecule has 0 fully saturated rings. The molecule has 0 saturated heterocycles. The number of benzene rings is 3. The Labute approximate surface area is 257 Å². The lowest BCUT2D eigenvalue weighted by molar-refractivity contribution is -0.146. The first-order valence-corrected chi connectivity index (χ1v) is 14.9. The smallest absolute Gasteiger partial charge is 0.309 e. The number of nitrogens with zero attached hydrogens (tertiary/aromatic N) is 2. The average molecular weight is 597 g/mol. The molecule has 0 atom stereocenters. The molecule has 2 heterocycles. The number of pyridine rings is 1. The highest BCUT2D eigenvalue weighted by Crippen LogP contribution is 2.37. The summed E-state index contributed by atoms with van der Waals surface area (Å²) in [5.41, 5.74) is 4.27. The Balaban J connectivity index is 1.58. The number of para-hydroxylation sites is 1. The fourth-order valence-electron chi connectivity index (χ4n) is 5.33. The summed E-state index contributed by atoms with van der Waals surface area (Å²) in [5, 5.41) is 12.8. The van der Waals surface area contributed by atoms with Gasteiger partial charge in [-0.25, -0.2) is 4.98 Å². The van der Waals surface area contributed by atoms with E-state index in [9.17, 15) is 14.7 Å². The van der Waals surface area contributed by atoms with Crippen LogP contribution in [0.3, 0.4) is 0 Å². The molecule has 0 amide bonds. The van der Waals surface area contributed by atoms with Crippen LogP contribution in [0.5, 0.6) is 5.75 Å². The van der Waals surface area contributed by atoms with Crippen LogP contribution in [-0.4, -0.2) is 26.9 Å². The molecule has 2 aromatic heterocycles. The molecule has 222 valence electrons. The van der Waals surface area contributed by atoms with Crippen molar-refractivity contribution < 1.29 is 19.4 Å². The van der Waals surface area contributed by atoms with Crippen LogP contribution in [0.1, 0.15) is 56.6 Å². The van der Waals surface area contributed by atoms with Crippen LogP contribution in [0.4, 0.5) is 0 Å². The van der Waals surface area contributed by atoms with Crippen molar-refractivity contribution in [1.82, 2.24) is 9.55 Å². The number of hydrogen-bond donors (Lipinski definition) is 1. The fraction of sp³-hybridized carbons (Fsp3) is 0.306. The number of hydrogen-bond acceptors (Lipinski definition) is 4. The van der Waals surface area contributed by atoms with Crippen molar-refractivity contribution in [3.05, 3.63) is 106 Å². The zero-order valence-corrected chi connectivity index (χ0v) is 25.8. The second-order valence-electron chi connectivity index (χ2n) is 12.6. The lowest BCUT2D eigenvalue weighted by Gasteiger charge is -2.23. The molecule has 43 heavy (non-hydrogen) atoms. The van der Waals surface area contributed by atoms with E-state index in [1.54, 1.807) is 13.8 Å². The molecule has 0 radical (unpaired) electrons. The molecule has 0 bridgehead atoms. The maximum Gasteiger partial charge on any atom is 0.309 e. The average Bonchev–Trinajstić information content (AvgIpc) is 3.26. The first-order chi connectivity index (χ1) is 20.5. The van der Waals surface area contributed by atoms with Crippen LogP contribution in [0.2, 0.25) is 5.02 Å². The monoisotopic (exact) mass is 596 g/mol. The van der Waals surface area contributed by atoms with E-state index in [1.807, 2.05) is 92.7 Å². The van der Waals surface area contributed by atoms with Gasteiger partial charge < -0.3 is 19.2 Å². The summed E-state index contributed by atoms with van der Waals surface area (Å²) in [6, 6.07) is 25.7. The van der Waals surface area contributed by atoms with Gasteiger partial charge in [0.05, 0.1) is 16.6 Å². The highest BCUT2D eigenvalue weighted by molar-refractivity contribution is 6.30. The van der Waals surface area contributed by atoms with E-state index in [-0.39, 0.29) is 0 Å². The van der Waals surface area contributed by atoms with Gasteiger partial charge in [0.2, 0.25) is 0 Å². The van der Waals surface area contributed by atoms with Crippen LogP contribution in [0.25, 0.3) is 21.8 Å². The number of carbonyl (C=O) groups is 2. The number of fused-ring (bicyclic) bond motifs is 2. The number of aromatic nitrogens is 2. The van der Waals surface area contributed by atoms with Gasteiger partial charge in [-0.05, 0) is 80.3 Å². The molecule has 7 heteroatoms. The highest BCUT2D eigenvalue weighted by Gasteiger charge is 2.32. The quantitative estimate of drug-likeness (QED) is 0.147. The van der Waals surface area contributed by atoms with Crippen LogP contribution >= 0.6 is 11.6 Å². The van der Waals surface area contributed by atoms with Crippen LogP contribution in [-0.2, 0) is 35.6 Å². The molecule has 0 aliphatic carbocycles. The Morgan fingerprint density at radius 2 is 1.74 bits per heavy atom. The van der Waals surface area contributed by atoms with Gasteiger partial charge in [0, 0.05) is 45.4 Å². The number of halogens is 1. The van der Waals surface area contributed by atoms with Crippen molar-refractivity contribution in [2.45, 2.75) is 60.1 Å². The van der Waals surface area contributed by atoms with Gasteiger partial charge in [0.1, 0.15) is 18.6 Å². The van der Waals surface area contributed by atoms with Crippen molar-refractivity contribution in [2.75, 3.05) is 0 Å². The molecule has 3 aromatic carbocycles. The molecular formula is C36H37ClN2O4. The van der Waals surface area contributed by atoms with Gasteiger partial charge in [0.25, 0.3) is 0 Å². The second-order valence-corrected chi connectivity index (χ2v) is 13.0. The van der Waals surface area contributed by atoms with Crippen molar-refractivity contribution in [2.24, 2.45) is 10.8 Å². The minimum Gasteiger partial charge on any atom is -0.487 e. The molecule has 6 nitrogen and oxygen atoms in total. The van der Waals surface area contributed by atoms with E-state index in [1.165, 1.54) is 0 Å². The third kappa shape index (κ3) is 6.91. The van der Waals surface area contributed by atoms with E-state index < -0.39 is 16.8 Å². The standard InChI is InChI=1S/C36H37ClN2O4/c1-35(2,23-40)18-17-29-30-19-28(43-22-27-14-11-25-7-5-6-8-31(25)38-27)15-16-32(30)39(21-24-9-12-26(37)13-10-24)33(29)20-36(3,4)34(41)42/h5-16,19,23H,17-18,20-22H2,1-4H3,(H,41,42). The van der Waals surface area contributed by atoms with Gasteiger partial charge in [-0.3, -0.25) is 4.79 Å². The summed E-state index contributed by atoms with van der Waals surface area (Å²) in [4.78, 5) is 28.8. The number of carbonyl (C=O) groups excluding carboxylic acids is 1. The lowest BCUT2D eigenvalue weighted by Crippen LogP contribution is -2.28. The Bertz CT molecular complexity index is 1790. The zero-order chi connectivity index (χ0) is 30.8. The molecule has 0 unspecified atom stereocenters. The number of carboxylic acid groups (broad SMARTS) is 1. The second kappa shape index (κ2) is 12.2. The number of aldehydes is 1.